The molecule has 0 aliphatic rings. The number of hydrogen-bond donors (Lipinski definition) is 1. The fourth-order valence-electron chi connectivity index (χ4n) is 1.74. The zero-order chi connectivity index (χ0) is 14.2. The molecule has 0 bridgehead atoms. The molecule has 2 heterocycles. The molecule has 19 heavy (non-hydrogen) atoms. The molecule has 0 aliphatic heterocycles. The van der Waals surface area contributed by atoms with Crippen LogP contribution in [0, 0.1) is 0 Å². The average Bonchev–Trinajstić information content (AvgIpc) is 2.76. The van der Waals surface area contributed by atoms with Crippen molar-refractivity contribution in [2.45, 2.75) is 6.54 Å². The van der Waals surface area contributed by atoms with E-state index in [1.165, 1.54) is 24.1 Å². The van der Waals surface area contributed by atoms with Gasteiger partial charge < -0.3 is 5.11 Å². The Kier molecular flexibility index (Phi) is 3.07. The first kappa shape index (κ1) is 12.8. The Morgan fingerprint density at radius 2 is 2.00 bits per heavy atom. The van der Waals surface area contributed by atoms with E-state index in [2.05, 4.69) is 5.10 Å². The van der Waals surface area contributed by atoms with Crippen LogP contribution in [0.15, 0.2) is 28.2 Å². The third-order valence-electron chi connectivity index (χ3n) is 2.67. The third kappa shape index (κ3) is 2.32. The molecule has 0 saturated carbocycles. The highest BCUT2D eigenvalue weighted by atomic mass is 16.4. The second kappa shape index (κ2) is 4.56. The van der Waals surface area contributed by atoms with Crippen molar-refractivity contribution in [2.75, 3.05) is 0 Å². The Morgan fingerprint density at radius 3 is 2.53 bits per heavy atom. The number of carboxylic acid groups (broad SMARTS) is 1. The number of carboxylic acids is 1. The Morgan fingerprint density at radius 1 is 1.32 bits per heavy atom. The lowest BCUT2D eigenvalue weighted by atomic mass is 10.2. The van der Waals surface area contributed by atoms with Crippen molar-refractivity contribution < 1.29 is 9.90 Å². The first-order valence-electron chi connectivity index (χ1n) is 5.41. The van der Waals surface area contributed by atoms with Crippen LogP contribution in [0.3, 0.4) is 0 Å². The van der Waals surface area contributed by atoms with Gasteiger partial charge in [-0.15, -0.1) is 0 Å². The highest BCUT2D eigenvalue weighted by Gasteiger charge is 2.13. The predicted molar refractivity (Wildman–Crippen MR) is 65.8 cm³/mol. The number of aryl methyl sites for hydroxylation is 1. The van der Waals surface area contributed by atoms with Gasteiger partial charge in [0.1, 0.15) is 6.54 Å². The van der Waals surface area contributed by atoms with E-state index in [0.717, 1.165) is 9.13 Å². The molecule has 0 unspecified atom stereocenters. The average molecular weight is 264 g/mol. The van der Waals surface area contributed by atoms with Gasteiger partial charge in [-0.25, -0.2) is 4.79 Å². The minimum atomic E-state index is -1.15. The molecule has 2 rings (SSSR count). The Labute approximate surface area is 107 Å². The highest BCUT2D eigenvalue weighted by Crippen LogP contribution is 2.12. The number of nitrogens with zero attached hydrogens (tertiary/aromatic N) is 4. The molecular formula is C11H12N4O4. The maximum Gasteiger partial charge on any atom is 0.331 e. The Hall–Kier alpha value is -2.64. The molecule has 8 heteroatoms. The number of hydrogen-bond acceptors (Lipinski definition) is 4. The molecule has 0 saturated heterocycles. The molecule has 0 aromatic carbocycles. The normalized spacial score (nSPS) is 10.6. The van der Waals surface area contributed by atoms with E-state index in [9.17, 15) is 14.4 Å². The molecule has 0 aliphatic carbocycles. The highest BCUT2D eigenvalue weighted by molar-refractivity contribution is 5.67. The van der Waals surface area contributed by atoms with Crippen LogP contribution in [0.25, 0.3) is 11.1 Å². The summed E-state index contributed by atoms with van der Waals surface area (Å²) >= 11 is 0. The largest absolute Gasteiger partial charge is 0.480 e. The van der Waals surface area contributed by atoms with E-state index < -0.39 is 23.8 Å². The van der Waals surface area contributed by atoms with Gasteiger partial charge in [0.2, 0.25) is 0 Å². The molecule has 0 fully saturated rings. The molecule has 0 atom stereocenters. The zero-order valence-corrected chi connectivity index (χ0v) is 10.4. The minimum Gasteiger partial charge on any atom is -0.480 e. The molecule has 2 aromatic rings. The van der Waals surface area contributed by atoms with E-state index in [1.807, 2.05) is 0 Å². The van der Waals surface area contributed by atoms with E-state index >= 15 is 0 Å². The lowest BCUT2D eigenvalue weighted by molar-refractivity contribution is -0.137. The van der Waals surface area contributed by atoms with E-state index in [0.29, 0.717) is 5.56 Å². The van der Waals surface area contributed by atoms with E-state index in [4.69, 9.17) is 5.11 Å². The summed E-state index contributed by atoms with van der Waals surface area (Å²) in [5.74, 6) is -1.15. The maximum absolute atomic E-state index is 12.0. The SMILES string of the molecule is Cn1cc(-c2cn(CC(=O)O)c(=O)n(C)c2=O)cn1. The smallest absolute Gasteiger partial charge is 0.331 e. The Balaban J connectivity index is 2.68. The summed E-state index contributed by atoms with van der Waals surface area (Å²) in [4.78, 5) is 34.5. The van der Waals surface area contributed by atoms with Crippen molar-refractivity contribution in [1.29, 1.82) is 0 Å². The summed E-state index contributed by atoms with van der Waals surface area (Å²) in [6.07, 6.45) is 4.34. The topological polar surface area (TPSA) is 99.1 Å². The van der Waals surface area contributed by atoms with Crippen molar-refractivity contribution in [2.24, 2.45) is 14.1 Å². The van der Waals surface area contributed by atoms with Crippen LogP contribution in [0.2, 0.25) is 0 Å². The first-order valence-corrected chi connectivity index (χ1v) is 5.41. The molecule has 2 aromatic heterocycles. The summed E-state index contributed by atoms with van der Waals surface area (Å²) in [7, 11) is 3.00. The van der Waals surface area contributed by atoms with Gasteiger partial charge in [0.15, 0.2) is 0 Å². The summed E-state index contributed by atoms with van der Waals surface area (Å²) in [5, 5.41) is 12.7. The fraction of sp³-hybridized carbons (Fsp3) is 0.273. The standard InChI is InChI=1S/C11H12N4O4/c1-13-4-7(3-12-13)8-5-15(6-9(16)17)11(19)14(2)10(8)18/h3-5H,6H2,1-2H3,(H,16,17). The van der Waals surface area contributed by atoms with Crippen LogP contribution < -0.4 is 11.2 Å². The molecular weight excluding hydrogens is 252 g/mol. The molecule has 0 amide bonds. The van der Waals surface area contributed by atoms with Crippen LogP contribution in [0.1, 0.15) is 0 Å². The number of aliphatic carboxylic acids is 1. The van der Waals surface area contributed by atoms with Gasteiger partial charge in [0, 0.05) is 32.1 Å². The molecule has 8 nitrogen and oxygen atoms in total. The summed E-state index contributed by atoms with van der Waals surface area (Å²) < 4.78 is 3.37. The summed E-state index contributed by atoms with van der Waals surface area (Å²) in [6.45, 7) is -0.500. The summed E-state index contributed by atoms with van der Waals surface area (Å²) in [6, 6.07) is 0. The number of rotatable bonds is 3. The van der Waals surface area contributed by atoms with Crippen LogP contribution >= 0.6 is 0 Å². The summed E-state index contributed by atoms with van der Waals surface area (Å²) in [5.41, 5.74) is -0.390. The quantitative estimate of drug-likeness (QED) is 0.769. The van der Waals surface area contributed by atoms with Crippen LogP contribution in [0.5, 0.6) is 0 Å². The van der Waals surface area contributed by atoms with Crippen molar-refractivity contribution >= 4 is 5.97 Å². The molecule has 0 radical (unpaired) electrons. The maximum atomic E-state index is 12.0. The first-order chi connectivity index (χ1) is 8.90. The van der Waals surface area contributed by atoms with Crippen molar-refractivity contribution in [1.82, 2.24) is 18.9 Å². The van der Waals surface area contributed by atoms with Crippen LogP contribution in [-0.2, 0) is 25.4 Å². The van der Waals surface area contributed by atoms with Crippen LogP contribution in [0.4, 0.5) is 0 Å². The monoisotopic (exact) mass is 264 g/mol. The van der Waals surface area contributed by atoms with Gasteiger partial charge in [0.25, 0.3) is 5.56 Å². The number of carbonyl (C=O) groups is 1. The Bertz CT molecular complexity index is 753. The van der Waals surface area contributed by atoms with E-state index in [-0.39, 0.29) is 5.56 Å². The lowest BCUT2D eigenvalue weighted by Crippen LogP contribution is -2.39. The van der Waals surface area contributed by atoms with Crippen molar-refractivity contribution in [3.05, 3.63) is 39.4 Å². The van der Waals surface area contributed by atoms with Crippen molar-refractivity contribution in [3.63, 3.8) is 0 Å². The van der Waals surface area contributed by atoms with Crippen molar-refractivity contribution in [3.8, 4) is 11.1 Å². The van der Waals surface area contributed by atoms with Gasteiger partial charge in [-0.2, -0.15) is 5.10 Å². The number of aromatic nitrogens is 4. The second-order valence-electron chi connectivity index (χ2n) is 4.11. The second-order valence-corrected chi connectivity index (χ2v) is 4.11. The van der Waals surface area contributed by atoms with Crippen LogP contribution in [-0.4, -0.2) is 30.0 Å². The van der Waals surface area contributed by atoms with Gasteiger partial charge >= 0.3 is 11.7 Å². The zero-order valence-electron chi connectivity index (χ0n) is 10.4. The van der Waals surface area contributed by atoms with E-state index in [1.54, 1.807) is 13.2 Å². The molecule has 1 N–H and O–H groups in total. The molecule has 100 valence electrons. The lowest BCUT2D eigenvalue weighted by Gasteiger charge is -2.07. The minimum absolute atomic E-state index is 0.233. The third-order valence-corrected chi connectivity index (χ3v) is 2.67. The fourth-order valence-corrected chi connectivity index (χ4v) is 1.74. The molecule has 0 spiro atoms. The van der Waals surface area contributed by atoms with Gasteiger partial charge in [0.05, 0.1) is 11.8 Å². The van der Waals surface area contributed by atoms with Gasteiger partial charge in [-0.05, 0) is 0 Å². The van der Waals surface area contributed by atoms with Gasteiger partial charge in [-0.3, -0.25) is 23.4 Å². The predicted octanol–water partition coefficient (Wildman–Crippen LogP) is -0.968. The van der Waals surface area contributed by atoms with Gasteiger partial charge in [-0.1, -0.05) is 0 Å².